The highest BCUT2D eigenvalue weighted by Gasteiger charge is 2.20. The van der Waals surface area contributed by atoms with Gasteiger partial charge in [-0.05, 0) is 12.0 Å². The number of nitrogens with one attached hydrogen (secondary N) is 1. The normalized spacial score (nSPS) is 11.0. The summed E-state index contributed by atoms with van der Waals surface area (Å²) < 4.78 is 1.31. The predicted octanol–water partition coefficient (Wildman–Crippen LogP) is 2.08. The number of hydrogen-bond acceptors (Lipinski definition) is 4. The van der Waals surface area contributed by atoms with Gasteiger partial charge < -0.3 is 0 Å². The lowest BCUT2D eigenvalue weighted by Gasteiger charge is -2.12. The molecular formula is C15H13N5O. The Hall–Kier alpha value is -2.94. The molecule has 0 unspecified atom stereocenters. The SMILES string of the molecule is CC(C)c1c(-c2ccccc2C#N)nc2nc[nH]n2c1=O. The molecule has 1 aromatic carbocycles. The van der Waals surface area contributed by atoms with Crippen molar-refractivity contribution in [2.24, 2.45) is 0 Å². The second-order valence-electron chi connectivity index (χ2n) is 5.01. The Morgan fingerprint density at radius 3 is 2.81 bits per heavy atom. The minimum Gasteiger partial charge on any atom is -0.278 e. The van der Waals surface area contributed by atoms with Crippen LogP contribution in [0.2, 0.25) is 0 Å². The van der Waals surface area contributed by atoms with Crippen LogP contribution in [0.1, 0.15) is 30.9 Å². The molecule has 2 heterocycles. The van der Waals surface area contributed by atoms with Crippen LogP contribution in [-0.4, -0.2) is 19.6 Å². The molecule has 2 aromatic heterocycles. The standard InChI is InChI=1S/C15H13N5O/c1-9(2)12-13(11-6-4-3-5-10(11)7-16)19-15-17-8-18-20(15)14(12)21/h3-6,8-9H,1-2H3,(H,17,18,19). The van der Waals surface area contributed by atoms with Gasteiger partial charge in [-0.2, -0.15) is 9.78 Å². The second kappa shape index (κ2) is 4.87. The Morgan fingerprint density at radius 1 is 1.33 bits per heavy atom. The first-order valence-electron chi connectivity index (χ1n) is 6.59. The van der Waals surface area contributed by atoms with Crippen LogP contribution < -0.4 is 5.56 Å². The first kappa shape index (κ1) is 13.1. The Kier molecular flexibility index (Phi) is 3.03. The van der Waals surface area contributed by atoms with Crippen LogP contribution in [0.15, 0.2) is 35.4 Å². The lowest BCUT2D eigenvalue weighted by Crippen LogP contribution is -2.22. The van der Waals surface area contributed by atoms with Gasteiger partial charge >= 0.3 is 0 Å². The summed E-state index contributed by atoms with van der Waals surface area (Å²) in [5.74, 6) is 0.277. The van der Waals surface area contributed by atoms with Crippen molar-refractivity contribution in [1.29, 1.82) is 5.26 Å². The number of nitriles is 1. The van der Waals surface area contributed by atoms with Gasteiger partial charge in [-0.25, -0.2) is 9.97 Å². The van der Waals surface area contributed by atoms with Gasteiger partial charge in [0.25, 0.3) is 11.3 Å². The van der Waals surface area contributed by atoms with Gasteiger partial charge in [0.05, 0.1) is 17.3 Å². The summed E-state index contributed by atoms with van der Waals surface area (Å²) in [6.45, 7) is 3.86. The van der Waals surface area contributed by atoms with Crippen molar-refractivity contribution < 1.29 is 0 Å². The van der Waals surface area contributed by atoms with Crippen molar-refractivity contribution in [3.63, 3.8) is 0 Å². The Morgan fingerprint density at radius 2 is 2.10 bits per heavy atom. The third-order valence-electron chi connectivity index (χ3n) is 3.35. The maximum atomic E-state index is 12.6. The van der Waals surface area contributed by atoms with E-state index < -0.39 is 0 Å². The third-order valence-corrected chi connectivity index (χ3v) is 3.35. The minimum absolute atomic E-state index is 0.0213. The highest BCUT2D eigenvalue weighted by atomic mass is 16.1. The molecular weight excluding hydrogens is 266 g/mol. The number of nitrogens with zero attached hydrogens (tertiary/aromatic N) is 4. The van der Waals surface area contributed by atoms with Gasteiger partial charge in [-0.1, -0.05) is 32.0 Å². The lowest BCUT2D eigenvalue weighted by atomic mass is 9.96. The molecule has 0 radical (unpaired) electrons. The van der Waals surface area contributed by atoms with Crippen LogP contribution >= 0.6 is 0 Å². The number of aromatic nitrogens is 4. The molecule has 0 bridgehead atoms. The molecule has 0 spiro atoms. The molecule has 3 rings (SSSR count). The topological polar surface area (TPSA) is 86.8 Å². The Balaban J connectivity index is 2.44. The summed E-state index contributed by atoms with van der Waals surface area (Å²) in [5, 5.41) is 12.0. The molecule has 6 heteroatoms. The van der Waals surface area contributed by atoms with Crippen molar-refractivity contribution in [3.05, 3.63) is 52.1 Å². The molecule has 0 fully saturated rings. The van der Waals surface area contributed by atoms with E-state index in [-0.39, 0.29) is 11.5 Å². The summed E-state index contributed by atoms with van der Waals surface area (Å²) in [7, 11) is 0. The zero-order valence-corrected chi connectivity index (χ0v) is 11.7. The van der Waals surface area contributed by atoms with Crippen molar-refractivity contribution in [1.82, 2.24) is 19.6 Å². The maximum absolute atomic E-state index is 12.6. The molecule has 0 aliphatic rings. The van der Waals surface area contributed by atoms with Crippen molar-refractivity contribution in [3.8, 4) is 17.3 Å². The fourth-order valence-electron chi connectivity index (χ4n) is 2.38. The van der Waals surface area contributed by atoms with Crippen molar-refractivity contribution in [2.75, 3.05) is 0 Å². The number of rotatable bonds is 2. The van der Waals surface area contributed by atoms with E-state index in [2.05, 4.69) is 21.1 Å². The van der Waals surface area contributed by atoms with E-state index >= 15 is 0 Å². The van der Waals surface area contributed by atoms with Crippen LogP contribution in [0, 0.1) is 11.3 Å². The zero-order chi connectivity index (χ0) is 15.0. The zero-order valence-electron chi connectivity index (χ0n) is 11.7. The van der Waals surface area contributed by atoms with E-state index in [1.807, 2.05) is 19.9 Å². The van der Waals surface area contributed by atoms with Crippen LogP contribution in [-0.2, 0) is 0 Å². The molecule has 0 saturated heterocycles. The highest BCUT2D eigenvalue weighted by Crippen LogP contribution is 2.27. The molecule has 104 valence electrons. The summed E-state index contributed by atoms with van der Waals surface area (Å²) in [4.78, 5) is 21.1. The molecule has 21 heavy (non-hydrogen) atoms. The smallest absolute Gasteiger partial charge is 0.278 e. The van der Waals surface area contributed by atoms with E-state index in [1.54, 1.807) is 18.2 Å². The largest absolute Gasteiger partial charge is 0.278 e. The van der Waals surface area contributed by atoms with Crippen molar-refractivity contribution in [2.45, 2.75) is 19.8 Å². The molecule has 0 saturated carbocycles. The monoisotopic (exact) mass is 279 g/mol. The van der Waals surface area contributed by atoms with E-state index in [0.29, 0.717) is 28.2 Å². The number of hydrogen-bond donors (Lipinski definition) is 1. The van der Waals surface area contributed by atoms with E-state index in [9.17, 15) is 10.1 Å². The van der Waals surface area contributed by atoms with Gasteiger partial charge in [-0.3, -0.25) is 9.89 Å². The van der Waals surface area contributed by atoms with Gasteiger partial charge in [0.15, 0.2) is 0 Å². The first-order chi connectivity index (χ1) is 10.1. The number of fused-ring (bicyclic) bond motifs is 1. The highest BCUT2D eigenvalue weighted by molar-refractivity contribution is 5.71. The van der Waals surface area contributed by atoms with E-state index in [4.69, 9.17) is 0 Å². The molecule has 0 amide bonds. The summed E-state index contributed by atoms with van der Waals surface area (Å²) in [5.41, 5.74) is 2.06. The quantitative estimate of drug-likeness (QED) is 0.778. The van der Waals surface area contributed by atoms with Gasteiger partial charge in [0.2, 0.25) is 0 Å². The summed E-state index contributed by atoms with van der Waals surface area (Å²) >= 11 is 0. The fourth-order valence-corrected chi connectivity index (χ4v) is 2.38. The molecule has 0 atom stereocenters. The lowest BCUT2D eigenvalue weighted by molar-refractivity contribution is 0.797. The fraction of sp³-hybridized carbons (Fsp3) is 0.200. The average molecular weight is 279 g/mol. The van der Waals surface area contributed by atoms with Gasteiger partial charge in [0.1, 0.15) is 6.33 Å². The van der Waals surface area contributed by atoms with Gasteiger partial charge in [-0.15, -0.1) is 0 Å². The molecule has 0 aliphatic carbocycles. The molecule has 0 aliphatic heterocycles. The summed E-state index contributed by atoms with van der Waals surface area (Å²) in [6.07, 6.45) is 1.42. The van der Waals surface area contributed by atoms with Crippen LogP contribution in [0.4, 0.5) is 0 Å². The number of benzene rings is 1. The summed E-state index contributed by atoms with van der Waals surface area (Å²) in [6, 6.07) is 9.28. The molecule has 6 nitrogen and oxygen atoms in total. The first-order valence-corrected chi connectivity index (χ1v) is 6.59. The third kappa shape index (κ3) is 1.99. The second-order valence-corrected chi connectivity index (χ2v) is 5.01. The van der Waals surface area contributed by atoms with Crippen LogP contribution in [0.25, 0.3) is 17.0 Å². The van der Waals surface area contributed by atoms with Crippen LogP contribution in [0.3, 0.4) is 0 Å². The Labute approximate surface area is 120 Å². The average Bonchev–Trinajstić information content (AvgIpc) is 2.95. The minimum atomic E-state index is -0.185. The van der Waals surface area contributed by atoms with E-state index in [1.165, 1.54) is 10.8 Å². The molecule has 3 aromatic rings. The molecule has 1 N–H and O–H groups in total. The van der Waals surface area contributed by atoms with E-state index in [0.717, 1.165) is 0 Å². The Bertz CT molecular complexity index is 914. The van der Waals surface area contributed by atoms with Gasteiger partial charge in [0, 0.05) is 11.1 Å². The van der Waals surface area contributed by atoms with Crippen molar-refractivity contribution >= 4 is 5.78 Å². The van der Waals surface area contributed by atoms with Crippen LogP contribution in [0.5, 0.6) is 0 Å². The number of H-pyrrole nitrogens is 1. The number of aromatic amines is 1. The maximum Gasteiger partial charge on any atom is 0.278 e. The predicted molar refractivity (Wildman–Crippen MR) is 77.8 cm³/mol.